The van der Waals surface area contributed by atoms with E-state index in [0.717, 1.165) is 11.5 Å². The van der Waals surface area contributed by atoms with Gasteiger partial charge in [-0.2, -0.15) is 5.26 Å². The molecule has 0 unspecified atom stereocenters. The number of hydrogen-bond donors (Lipinski definition) is 1. The molecule has 0 aliphatic heterocycles. The van der Waals surface area contributed by atoms with Crippen molar-refractivity contribution in [1.82, 2.24) is 10.3 Å². The highest BCUT2D eigenvalue weighted by Crippen LogP contribution is 2.13. The van der Waals surface area contributed by atoms with Crippen LogP contribution in [-0.2, 0) is 0 Å². The van der Waals surface area contributed by atoms with E-state index < -0.39 is 0 Å². The summed E-state index contributed by atoms with van der Waals surface area (Å²) in [4.78, 5) is 4.17. The van der Waals surface area contributed by atoms with Crippen LogP contribution < -0.4 is 10.1 Å². The minimum Gasteiger partial charge on any atom is -0.492 e. The van der Waals surface area contributed by atoms with Crippen LogP contribution in [0.25, 0.3) is 0 Å². The van der Waals surface area contributed by atoms with Crippen molar-refractivity contribution in [1.29, 1.82) is 5.26 Å². The minimum atomic E-state index is 0.0493. The van der Waals surface area contributed by atoms with Crippen LogP contribution in [0.5, 0.6) is 5.75 Å². The number of rotatable bonds is 6. The third-order valence-corrected chi connectivity index (χ3v) is 2.81. The monoisotopic (exact) mass is 271 g/mol. The fourth-order valence-corrected chi connectivity index (χ4v) is 1.73. The van der Waals surface area contributed by atoms with Crippen LogP contribution in [0, 0.1) is 18.3 Å². The van der Waals surface area contributed by atoms with E-state index in [4.69, 9.17) is 14.4 Å². The van der Waals surface area contributed by atoms with Gasteiger partial charge in [-0.1, -0.05) is 0 Å². The first-order valence-electron chi connectivity index (χ1n) is 6.47. The van der Waals surface area contributed by atoms with Gasteiger partial charge in [0, 0.05) is 6.54 Å². The number of nitrogens with one attached hydrogen (secondary N) is 1. The number of nitrogens with zero attached hydrogens (tertiary/aromatic N) is 2. The van der Waals surface area contributed by atoms with E-state index >= 15 is 0 Å². The Bertz CT molecular complexity index is 584. The molecule has 2 rings (SSSR count). The molecule has 5 nitrogen and oxygen atoms in total. The van der Waals surface area contributed by atoms with E-state index in [1.807, 2.05) is 13.8 Å². The van der Waals surface area contributed by atoms with Gasteiger partial charge in [-0.3, -0.25) is 0 Å². The fourth-order valence-electron chi connectivity index (χ4n) is 1.73. The Hall–Kier alpha value is -2.32. The highest BCUT2D eigenvalue weighted by atomic mass is 16.5. The first-order chi connectivity index (χ1) is 9.69. The number of ether oxygens (including phenoxy) is 1. The topological polar surface area (TPSA) is 71.1 Å². The van der Waals surface area contributed by atoms with Crippen LogP contribution in [0.4, 0.5) is 0 Å². The van der Waals surface area contributed by atoms with Gasteiger partial charge < -0.3 is 14.5 Å². The molecule has 0 aliphatic rings. The van der Waals surface area contributed by atoms with Gasteiger partial charge in [-0.15, -0.1) is 0 Å². The molecular weight excluding hydrogens is 254 g/mol. The summed E-state index contributed by atoms with van der Waals surface area (Å²) < 4.78 is 11.0. The molecule has 104 valence electrons. The Balaban J connectivity index is 1.72. The van der Waals surface area contributed by atoms with E-state index in [-0.39, 0.29) is 6.04 Å². The molecule has 5 heteroatoms. The number of benzene rings is 1. The second-order valence-corrected chi connectivity index (χ2v) is 4.47. The Kier molecular flexibility index (Phi) is 4.75. The Morgan fingerprint density at radius 2 is 2.15 bits per heavy atom. The third kappa shape index (κ3) is 3.84. The number of aromatic nitrogens is 1. The summed E-state index contributed by atoms with van der Waals surface area (Å²) in [5, 5.41) is 12.0. The van der Waals surface area contributed by atoms with Crippen molar-refractivity contribution < 1.29 is 9.15 Å². The minimum absolute atomic E-state index is 0.0493. The number of oxazole rings is 1. The molecule has 2 aromatic rings. The summed E-state index contributed by atoms with van der Waals surface area (Å²) >= 11 is 0. The number of aryl methyl sites for hydroxylation is 1. The maximum absolute atomic E-state index is 8.70. The highest BCUT2D eigenvalue weighted by molar-refractivity contribution is 5.34. The third-order valence-electron chi connectivity index (χ3n) is 2.81. The molecule has 20 heavy (non-hydrogen) atoms. The predicted octanol–water partition coefficient (Wildman–Crippen LogP) is 2.58. The van der Waals surface area contributed by atoms with E-state index in [1.54, 1.807) is 30.5 Å². The molecule has 0 fully saturated rings. The lowest BCUT2D eigenvalue weighted by atomic mass is 10.2. The summed E-state index contributed by atoms with van der Waals surface area (Å²) in [6, 6.07) is 9.18. The summed E-state index contributed by atoms with van der Waals surface area (Å²) in [7, 11) is 0. The van der Waals surface area contributed by atoms with Crippen LogP contribution in [0.2, 0.25) is 0 Å². The van der Waals surface area contributed by atoms with Gasteiger partial charge in [0.1, 0.15) is 18.1 Å². The molecule has 1 heterocycles. The van der Waals surface area contributed by atoms with Crippen molar-refractivity contribution in [2.24, 2.45) is 0 Å². The normalized spacial score (nSPS) is 11.8. The van der Waals surface area contributed by atoms with Gasteiger partial charge in [-0.05, 0) is 38.1 Å². The molecule has 1 aromatic carbocycles. The van der Waals surface area contributed by atoms with Gasteiger partial charge in [0.15, 0.2) is 0 Å². The average Bonchev–Trinajstić information content (AvgIpc) is 2.91. The van der Waals surface area contributed by atoms with Gasteiger partial charge in [0.2, 0.25) is 5.89 Å². The molecule has 0 spiro atoms. The van der Waals surface area contributed by atoms with Crippen LogP contribution in [0.3, 0.4) is 0 Å². The Morgan fingerprint density at radius 3 is 2.75 bits per heavy atom. The van der Waals surface area contributed by atoms with E-state index in [1.165, 1.54) is 0 Å². The first-order valence-corrected chi connectivity index (χ1v) is 6.47. The number of hydrogen-bond acceptors (Lipinski definition) is 5. The predicted molar refractivity (Wildman–Crippen MR) is 74.3 cm³/mol. The van der Waals surface area contributed by atoms with Gasteiger partial charge in [0.25, 0.3) is 0 Å². The van der Waals surface area contributed by atoms with Crippen LogP contribution >= 0.6 is 0 Å². The maximum Gasteiger partial charge on any atom is 0.211 e. The first kappa shape index (κ1) is 14.1. The standard InChI is InChI=1S/C15H17N3O2/c1-11-10-18-15(20-11)12(2)17-7-8-19-14-5-3-13(9-16)4-6-14/h3-6,10,12,17H,7-8H2,1-2H3/t12-/m0/s1. The SMILES string of the molecule is Cc1cnc([C@H](C)NCCOc2ccc(C#N)cc2)o1. The quantitative estimate of drug-likeness (QED) is 0.818. The highest BCUT2D eigenvalue weighted by Gasteiger charge is 2.09. The summed E-state index contributed by atoms with van der Waals surface area (Å²) in [6.45, 7) is 5.09. The maximum atomic E-state index is 8.70. The van der Waals surface area contributed by atoms with Gasteiger partial charge in [0.05, 0.1) is 23.9 Å². The van der Waals surface area contributed by atoms with Crippen molar-refractivity contribution in [3.05, 3.63) is 47.7 Å². The second kappa shape index (κ2) is 6.73. The van der Waals surface area contributed by atoms with Gasteiger partial charge in [-0.25, -0.2) is 4.98 Å². The van der Waals surface area contributed by atoms with Crippen molar-refractivity contribution in [3.8, 4) is 11.8 Å². The van der Waals surface area contributed by atoms with E-state index in [0.29, 0.717) is 24.6 Å². The van der Waals surface area contributed by atoms with Crippen LogP contribution in [-0.4, -0.2) is 18.1 Å². The van der Waals surface area contributed by atoms with Crippen LogP contribution in [0.1, 0.15) is 30.2 Å². The zero-order chi connectivity index (χ0) is 14.4. The fraction of sp³-hybridized carbons (Fsp3) is 0.333. The molecule has 0 saturated heterocycles. The molecule has 0 bridgehead atoms. The lowest BCUT2D eigenvalue weighted by Gasteiger charge is -2.11. The Labute approximate surface area is 118 Å². The zero-order valence-electron chi connectivity index (χ0n) is 11.6. The molecule has 1 N–H and O–H groups in total. The number of nitriles is 1. The molecular formula is C15H17N3O2. The Morgan fingerprint density at radius 1 is 1.40 bits per heavy atom. The lowest BCUT2D eigenvalue weighted by Crippen LogP contribution is -2.24. The van der Waals surface area contributed by atoms with Gasteiger partial charge >= 0.3 is 0 Å². The second-order valence-electron chi connectivity index (χ2n) is 4.47. The molecule has 1 aromatic heterocycles. The van der Waals surface area contributed by atoms with Crippen LogP contribution in [0.15, 0.2) is 34.9 Å². The smallest absolute Gasteiger partial charge is 0.211 e. The molecule has 0 radical (unpaired) electrons. The zero-order valence-corrected chi connectivity index (χ0v) is 11.6. The largest absolute Gasteiger partial charge is 0.492 e. The van der Waals surface area contributed by atoms with Crippen molar-refractivity contribution in [2.45, 2.75) is 19.9 Å². The van der Waals surface area contributed by atoms with E-state index in [2.05, 4.69) is 16.4 Å². The summed E-state index contributed by atoms with van der Waals surface area (Å²) in [6.07, 6.45) is 1.71. The molecule has 0 aliphatic carbocycles. The van der Waals surface area contributed by atoms with Crippen molar-refractivity contribution >= 4 is 0 Å². The van der Waals surface area contributed by atoms with Crippen molar-refractivity contribution in [2.75, 3.05) is 13.2 Å². The van der Waals surface area contributed by atoms with E-state index in [9.17, 15) is 0 Å². The lowest BCUT2D eigenvalue weighted by molar-refractivity contribution is 0.299. The summed E-state index contributed by atoms with van der Waals surface area (Å²) in [5.41, 5.74) is 0.628. The molecule has 0 amide bonds. The molecule has 1 atom stereocenters. The summed E-state index contributed by atoms with van der Waals surface area (Å²) in [5.74, 6) is 2.24. The average molecular weight is 271 g/mol. The molecule has 0 saturated carbocycles. The van der Waals surface area contributed by atoms with Crippen molar-refractivity contribution in [3.63, 3.8) is 0 Å².